The van der Waals surface area contributed by atoms with E-state index in [-0.39, 0.29) is 11.5 Å². The van der Waals surface area contributed by atoms with E-state index < -0.39 is 0 Å². The Labute approximate surface area is 166 Å². The van der Waals surface area contributed by atoms with Gasteiger partial charge >= 0.3 is 0 Å². The second-order valence-electron chi connectivity index (χ2n) is 8.16. The van der Waals surface area contributed by atoms with Crippen LogP contribution < -0.4 is 5.56 Å². The molecule has 0 saturated carbocycles. The normalized spacial score (nSPS) is 22.3. The molecule has 0 N–H and O–H groups in total. The topological polar surface area (TPSA) is 45.6 Å². The Morgan fingerprint density at radius 1 is 1.04 bits per heavy atom. The van der Waals surface area contributed by atoms with Crippen molar-refractivity contribution >= 4 is 5.91 Å². The first-order chi connectivity index (χ1) is 13.6. The van der Waals surface area contributed by atoms with Gasteiger partial charge in [0.15, 0.2) is 0 Å². The van der Waals surface area contributed by atoms with Gasteiger partial charge in [0.05, 0.1) is 0 Å². The SMILES string of the molecule is CCn1c(C)ccc(C(=O)N2C[C@@H]3CC[C@H](C2)N(Cc2ccccc2)C3)c1=O. The number of carbonyl (C=O) groups is 1. The van der Waals surface area contributed by atoms with Crippen molar-refractivity contribution in [2.24, 2.45) is 5.92 Å². The van der Waals surface area contributed by atoms with Crippen molar-refractivity contribution < 1.29 is 4.79 Å². The molecule has 5 nitrogen and oxygen atoms in total. The maximum absolute atomic E-state index is 13.2. The second kappa shape index (κ2) is 7.92. The summed E-state index contributed by atoms with van der Waals surface area (Å²) in [5.74, 6) is 0.371. The fourth-order valence-corrected chi connectivity index (χ4v) is 4.75. The van der Waals surface area contributed by atoms with Crippen molar-refractivity contribution in [2.75, 3.05) is 19.6 Å². The van der Waals surface area contributed by atoms with E-state index in [9.17, 15) is 9.59 Å². The van der Waals surface area contributed by atoms with Crippen LogP contribution in [-0.4, -0.2) is 46.0 Å². The number of piperidine rings is 1. The fourth-order valence-electron chi connectivity index (χ4n) is 4.75. The number of aromatic nitrogens is 1. The van der Waals surface area contributed by atoms with Gasteiger partial charge in [-0.15, -0.1) is 0 Å². The highest BCUT2D eigenvalue weighted by Crippen LogP contribution is 2.29. The Morgan fingerprint density at radius 3 is 2.57 bits per heavy atom. The molecule has 3 aliphatic heterocycles. The molecule has 3 aliphatic rings. The Kier molecular flexibility index (Phi) is 5.36. The highest BCUT2D eigenvalue weighted by atomic mass is 16.2. The standard InChI is InChI=1S/C23H29N3O2/c1-3-26-17(2)9-12-21(23(26)28)22(27)25-15-19-10-11-20(16-25)24(14-19)13-18-7-5-4-6-8-18/h4-9,12,19-20H,3,10-11,13-16H2,1-2H3/t19-,20-/m1/s1. The van der Waals surface area contributed by atoms with Crippen LogP contribution in [0.15, 0.2) is 47.3 Å². The van der Waals surface area contributed by atoms with E-state index in [1.54, 1.807) is 10.6 Å². The molecule has 0 radical (unpaired) electrons. The Balaban J connectivity index is 1.55. The van der Waals surface area contributed by atoms with Crippen molar-refractivity contribution in [3.05, 3.63) is 69.6 Å². The van der Waals surface area contributed by atoms with Gasteiger partial charge in [0.25, 0.3) is 11.5 Å². The van der Waals surface area contributed by atoms with Crippen LogP contribution in [0.25, 0.3) is 0 Å². The molecule has 28 heavy (non-hydrogen) atoms. The van der Waals surface area contributed by atoms with Crippen molar-refractivity contribution in [3.8, 4) is 0 Å². The average molecular weight is 380 g/mol. The highest BCUT2D eigenvalue weighted by molar-refractivity contribution is 5.94. The lowest BCUT2D eigenvalue weighted by molar-refractivity contribution is 0.0733. The predicted octanol–water partition coefficient (Wildman–Crippen LogP) is 2.91. The first-order valence-electron chi connectivity index (χ1n) is 10.3. The highest BCUT2D eigenvalue weighted by Gasteiger charge is 2.37. The van der Waals surface area contributed by atoms with Crippen LogP contribution in [0.5, 0.6) is 0 Å². The molecular formula is C23H29N3O2. The lowest BCUT2D eigenvalue weighted by Crippen LogP contribution is -2.44. The van der Waals surface area contributed by atoms with Gasteiger partial charge in [-0.1, -0.05) is 30.3 Å². The first-order valence-corrected chi connectivity index (χ1v) is 10.3. The van der Waals surface area contributed by atoms with Gasteiger partial charge in [-0.25, -0.2) is 0 Å². The van der Waals surface area contributed by atoms with Crippen LogP contribution in [0.2, 0.25) is 0 Å². The van der Waals surface area contributed by atoms with Crippen LogP contribution in [0, 0.1) is 12.8 Å². The zero-order chi connectivity index (χ0) is 19.7. The van der Waals surface area contributed by atoms with Gasteiger partial charge < -0.3 is 9.47 Å². The smallest absolute Gasteiger partial charge is 0.263 e. The lowest BCUT2D eigenvalue weighted by atomic mass is 9.94. The Bertz CT molecular complexity index is 906. The minimum atomic E-state index is -0.162. The minimum Gasteiger partial charge on any atom is -0.337 e. The number of aryl methyl sites for hydroxylation is 1. The van der Waals surface area contributed by atoms with Gasteiger partial charge in [-0.05, 0) is 50.3 Å². The number of hydrogen-bond donors (Lipinski definition) is 0. The number of pyridine rings is 1. The second-order valence-corrected chi connectivity index (χ2v) is 8.16. The molecule has 3 saturated heterocycles. The molecule has 5 heteroatoms. The molecule has 2 aromatic rings. The molecule has 0 spiro atoms. The number of amides is 1. The summed E-state index contributed by atoms with van der Waals surface area (Å²) in [7, 11) is 0. The summed E-state index contributed by atoms with van der Waals surface area (Å²) in [6, 6.07) is 14.5. The van der Waals surface area contributed by atoms with Crippen LogP contribution in [0.3, 0.4) is 0 Å². The number of fused-ring (bicyclic) bond motifs is 4. The van der Waals surface area contributed by atoms with E-state index in [0.717, 1.165) is 38.2 Å². The van der Waals surface area contributed by atoms with Crippen molar-refractivity contribution in [1.29, 1.82) is 0 Å². The Morgan fingerprint density at radius 2 is 1.82 bits per heavy atom. The number of nitrogens with zero attached hydrogens (tertiary/aromatic N) is 3. The molecule has 0 unspecified atom stereocenters. The van der Waals surface area contributed by atoms with Crippen molar-refractivity contribution in [1.82, 2.24) is 14.4 Å². The summed E-state index contributed by atoms with van der Waals surface area (Å²) in [5, 5.41) is 0. The van der Waals surface area contributed by atoms with Gasteiger partial charge in [-0.3, -0.25) is 14.5 Å². The summed E-state index contributed by atoms with van der Waals surface area (Å²) in [5.41, 5.74) is 2.36. The van der Waals surface area contributed by atoms with Crippen LogP contribution in [0.1, 0.15) is 41.4 Å². The molecule has 148 valence electrons. The third kappa shape index (κ3) is 3.63. The fraction of sp³-hybridized carbons (Fsp3) is 0.478. The third-order valence-corrected chi connectivity index (χ3v) is 6.28. The molecule has 5 rings (SSSR count). The number of hydrogen-bond acceptors (Lipinski definition) is 3. The number of rotatable bonds is 4. The summed E-state index contributed by atoms with van der Waals surface area (Å²) < 4.78 is 1.68. The van der Waals surface area contributed by atoms with Crippen molar-refractivity contribution in [2.45, 2.75) is 45.8 Å². The number of carbonyl (C=O) groups excluding carboxylic acids is 1. The quantitative estimate of drug-likeness (QED) is 0.821. The molecular weight excluding hydrogens is 350 g/mol. The van der Waals surface area contributed by atoms with E-state index in [0.29, 0.717) is 30.6 Å². The summed E-state index contributed by atoms with van der Waals surface area (Å²) in [6.45, 7) is 7.85. The van der Waals surface area contributed by atoms with E-state index in [1.807, 2.05) is 30.9 Å². The maximum atomic E-state index is 13.2. The van der Waals surface area contributed by atoms with Crippen LogP contribution in [-0.2, 0) is 13.1 Å². The first kappa shape index (κ1) is 18.9. The van der Waals surface area contributed by atoms with Crippen molar-refractivity contribution in [3.63, 3.8) is 0 Å². The Hall–Kier alpha value is -2.40. The summed E-state index contributed by atoms with van der Waals surface area (Å²) in [6.07, 6.45) is 2.28. The van der Waals surface area contributed by atoms with Gasteiger partial charge in [0.2, 0.25) is 0 Å². The zero-order valence-corrected chi connectivity index (χ0v) is 16.8. The molecule has 2 atom stereocenters. The molecule has 2 bridgehead atoms. The molecule has 1 aromatic heterocycles. The monoisotopic (exact) mass is 379 g/mol. The zero-order valence-electron chi connectivity index (χ0n) is 16.8. The maximum Gasteiger partial charge on any atom is 0.263 e. The van der Waals surface area contributed by atoms with E-state index in [1.165, 1.54) is 5.56 Å². The molecule has 3 fully saturated rings. The minimum absolute atomic E-state index is 0.106. The predicted molar refractivity (Wildman–Crippen MR) is 110 cm³/mol. The number of benzene rings is 1. The van der Waals surface area contributed by atoms with E-state index in [2.05, 4.69) is 29.2 Å². The van der Waals surface area contributed by atoms with E-state index in [4.69, 9.17) is 0 Å². The lowest BCUT2D eigenvalue weighted by Gasteiger charge is -2.36. The third-order valence-electron chi connectivity index (χ3n) is 6.28. The largest absolute Gasteiger partial charge is 0.337 e. The molecule has 1 aromatic carbocycles. The van der Waals surface area contributed by atoms with E-state index >= 15 is 0 Å². The summed E-state index contributed by atoms with van der Waals surface area (Å²) >= 11 is 0. The van der Waals surface area contributed by atoms with Gasteiger partial charge in [-0.2, -0.15) is 0 Å². The molecule has 0 aliphatic carbocycles. The molecule has 1 amide bonds. The summed E-state index contributed by atoms with van der Waals surface area (Å²) in [4.78, 5) is 30.5. The van der Waals surface area contributed by atoms with Crippen LogP contribution in [0.4, 0.5) is 0 Å². The van der Waals surface area contributed by atoms with Gasteiger partial charge in [0.1, 0.15) is 5.56 Å². The average Bonchev–Trinajstić information content (AvgIpc) is 3.01. The van der Waals surface area contributed by atoms with Gasteiger partial charge in [0, 0.05) is 44.5 Å². The molecule has 4 heterocycles. The van der Waals surface area contributed by atoms with Crippen LogP contribution >= 0.6 is 0 Å².